The number of esters is 1. The first-order chi connectivity index (χ1) is 10.5. The van der Waals surface area contributed by atoms with Crippen molar-refractivity contribution in [1.82, 2.24) is 5.32 Å². The highest BCUT2D eigenvalue weighted by atomic mass is 35.5. The molecular formula is C14H23Cl2NO4S. The maximum absolute atomic E-state index is 11.7. The Labute approximate surface area is 145 Å². The fourth-order valence-electron chi connectivity index (χ4n) is 1.57. The minimum absolute atomic E-state index is 0.0181. The minimum atomic E-state index is -0.810. The third kappa shape index (κ3) is 11.2. The second-order valence-electron chi connectivity index (χ2n) is 4.62. The van der Waals surface area contributed by atoms with Gasteiger partial charge in [-0.1, -0.05) is 11.8 Å². The Kier molecular flexibility index (Phi) is 13.9. The van der Waals surface area contributed by atoms with Gasteiger partial charge < -0.3 is 10.1 Å². The van der Waals surface area contributed by atoms with Gasteiger partial charge in [0.2, 0.25) is 5.91 Å². The number of unbranched alkanes of at least 4 members (excludes halogenated alkanes) is 2. The molecule has 1 unspecified atom stereocenters. The predicted molar refractivity (Wildman–Crippen MR) is 90.6 cm³/mol. The van der Waals surface area contributed by atoms with Crippen LogP contribution in [0, 0.1) is 0 Å². The van der Waals surface area contributed by atoms with Crippen LogP contribution in [0.4, 0.5) is 0 Å². The predicted octanol–water partition coefficient (Wildman–Crippen LogP) is 2.72. The Bertz CT molecular complexity index is 356. The summed E-state index contributed by atoms with van der Waals surface area (Å²) in [5.41, 5.74) is 0. The van der Waals surface area contributed by atoms with Gasteiger partial charge in [-0.05, 0) is 25.7 Å². The summed E-state index contributed by atoms with van der Waals surface area (Å²) in [6, 6.07) is -0.810. The molecule has 1 N–H and O–H groups in total. The standard InChI is InChI=1S/C14H23Cl2NO4S/c1-21-14(20)11(17-12(18)6-2-4-8-15)10-22-13(19)7-3-5-9-16/h11H,2-10H2,1H3,(H,17,18). The van der Waals surface area contributed by atoms with Crippen LogP contribution >= 0.6 is 35.0 Å². The van der Waals surface area contributed by atoms with Gasteiger partial charge in [-0.25, -0.2) is 4.79 Å². The van der Waals surface area contributed by atoms with Crippen molar-refractivity contribution in [1.29, 1.82) is 0 Å². The van der Waals surface area contributed by atoms with Crippen molar-refractivity contribution in [2.75, 3.05) is 24.6 Å². The number of methoxy groups -OCH3 is 1. The third-order valence-corrected chi connectivity index (χ3v) is 4.34. The summed E-state index contributed by atoms with van der Waals surface area (Å²) in [7, 11) is 1.25. The van der Waals surface area contributed by atoms with Gasteiger partial charge in [0.05, 0.1) is 7.11 Å². The second kappa shape index (κ2) is 14.2. The number of rotatable bonds is 12. The van der Waals surface area contributed by atoms with E-state index in [2.05, 4.69) is 10.1 Å². The van der Waals surface area contributed by atoms with E-state index in [1.54, 1.807) is 0 Å². The molecular weight excluding hydrogens is 349 g/mol. The SMILES string of the molecule is COC(=O)C(CSC(=O)CCCCCl)NC(=O)CCCCCl. The van der Waals surface area contributed by atoms with Gasteiger partial charge in [-0.3, -0.25) is 9.59 Å². The van der Waals surface area contributed by atoms with Crippen LogP contribution in [0.5, 0.6) is 0 Å². The molecule has 0 fully saturated rings. The lowest BCUT2D eigenvalue weighted by atomic mass is 10.2. The van der Waals surface area contributed by atoms with Crippen molar-refractivity contribution in [2.24, 2.45) is 0 Å². The summed E-state index contributed by atoms with van der Waals surface area (Å²) in [6.07, 6.45) is 3.62. The fourth-order valence-corrected chi connectivity index (χ4v) is 2.81. The molecule has 0 saturated carbocycles. The first-order valence-electron chi connectivity index (χ1n) is 7.19. The zero-order valence-electron chi connectivity index (χ0n) is 12.7. The Morgan fingerprint density at radius 2 is 1.64 bits per heavy atom. The molecule has 0 heterocycles. The van der Waals surface area contributed by atoms with E-state index in [1.165, 1.54) is 7.11 Å². The number of halogens is 2. The molecule has 0 rings (SSSR count). The van der Waals surface area contributed by atoms with E-state index in [4.69, 9.17) is 23.2 Å². The van der Waals surface area contributed by atoms with Crippen LogP contribution < -0.4 is 5.32 Å². The van der Waals surface area contributed by atoms with Crippen molar-refractivity contribution in [3.8, 4) is 0 Å². The summed E-state index contributed by atoms with van der Waals surface area (Å²) in [5.74, 6) is 0.414. The van der Waals surface area contributed by atoms with Crippen molar-refractivity contribution in [2.45, 2.75) is 44.6 Å². The van der Waals surface area contributed by atoms with Gasteiger partial charge in [-0.2, -0.15) is 0 Å². The molecule has 1 atom stereocenters. The second-order valence-corrected chi connectivity index (χ2v) is 6.45. The number of carbonyl (C=O) groups is 3. The van der Waals surface area contributed by atoms with Gasteiger partial charge in [0.1, 0.15) is 6.04 Å². The van der Waals surface area contributed by atoms with Gasteiger partial charge in [0.15, 0.2) is 5.12 Å². The molecule has 0 radical (unpaired) electrons. The van der Waals surface area contributed by atoms with Crippen LogP contribution in [0.25, 0.3) is 0 Å². The largest absolute Gasteiger partial charge is 0.467 e. The summed E-state index contributed by atoms with van der Waals surface area (Å²) in [6.45, 7) is 0. The van der Waals surface area contributed by atoms with Crippen molar-refractivity contribution >= 4 is 52.0 Å². The Morgan fingerprint density at radius 3 is 2.18 bits per heavy atom. The highest BCUT2D eigenvalue weighted by Crippen LogP contribution is 2.12. The van der Waals surface area contributed by atoms with E-state index >= 15 is 0 Å². The summed E-state index contributed by atoms with van der Waals surface area (Å²) in [4.78, 5) is 35.1. The van der Waals surface area contributed by atoms with Gasteiger partial charge in [-0.15, -0.1) is 23.2 Å². The molecule has 0 aliphatic heterocycles. The molecule has 0 aliphatic carbocycles. The van der Waals surface area contributed by atoms with Crippen LogP contribution in [-0.2, 0) is 19.1 Å². The third-order valence-electron chi connectivity index (χ3n) is 2.78. The van der Waals surface area contributed by atoms with Crippen LogP contribution in [0.3, 0.4) is 0 Å². The topological polar surface area (TPSA) is 72.5 Å². The summed E-state index contributed by atoms with van der Waals surface area (Å²) < 4.78 is 4.65. The van der Waals surface area contributed by atoms with Crippen molar-refractivity contribution in [3.05, 3.63) is 0 Å². The van der Waals surface area contributed by atoms with E-state index in [1.807, 2.05) is 0 Å². The maximum Gasteiger partial charge on any atom is 0.329 e. The molecule has 0 aromatic rings. The number of thioether (sulfide) groups is 1. The Morgan fingerprint density at radius 1 is 1.05 bits per heavy atom. The van der Waals surface area contributed by atoms with Crippen LogP contribution in [-0.4, -0.2) is 47.7 Å². The molecule has 0 aromatic heterocycles. The number of hydrogen-bond acceptors (Lipinski definition) is 5. The van der Waals surface area contributed by atoms with Gasteiger partial charge >= 0.3 is 5.97 Å². The lowest BCUT2D eigenvalue weighted by Gasteiger charge is -2.15. The Hall–Kier alpha value is -0.460. The number of ether oxygens (including phenoxy) is 1. The maximum atomic E-state index is 11.7. The van der Waals surface area contributed by atoms with E-state index in [0.717, 1.165) is 31.0 Å². The molecule has 0 saturated heterocycles. The van der Waals surface area contributed by atoms with E-state index in [-0.39, 0.29) is 16.8 Å². The molecule has 22 heavy (non-hydrogen) atoms. The van der Waals surface area contributed by atoms with E-state index in [9.17, 15) is 14.4 Å². The lowest BCUT2D eigenvalue weighted by molar-refractivity contribution is -0.144. The van der Waals surface area contributed by atoms with Crippen LogP contribution in [0.2, 0.25) is 0 Å². The zero-order chi connectivity index (χ0) is 16.8. The van der Waals surface area contributed by atoms with Crippen molar-refractivity contribution < 1.29 is 19.1 Å². The first-order valence-corrected chi connectivity index (χ1v) is 9.25. The van der Waals surface area contributed by atoms with Gasteiger partial charge in [0, 0.05) is 30.4 Å². The minimum Gasteiger partial charge on any atom is -0.467 e. The van der Waals surface area contributed by atoms with Crippen LogP contribution in [0.15, 0.2) is 0 Å². The first kappa shape index (κ1) is 21.5. The number of alkyl halides is 2. The molecule has 5 nitrogen and oxygen atoms in total. The quantitative estimate of drug-likeness (QED) is 0.324. The summed E-state index contributed by atoms with van der Waals surface area (Å²) >= 11 is 12.1. The number of hydrogen-bond donors (Lipinski definition) is 1. The Balaban J connectivity index is 4.20. The zero-order valence-corrected chi connectivity index (χ0v) is 15.1. The molecule has 0 spiro atoms. The highest BCUT2D eigenvalue weighted by molar-refractivity contribution is 8.13. The fraction of sp³-hybridized carbons (Fsp3) is 0.786. The molecule has 128 valence electrons. The number of nitrogens with one attached hydrogen (secondary N) is 1. The monoisotopic (exact) mass is 371 g/mol. The van der Waals surface area contributed by atoms with E-state index < -0.39 is 12.0 Å². The normalized spacial score (nSPS) is 11.8. The van der Waals surface area contributed by atoms with Gasteiger partial charge in [0.25, 0.3) is 0 Å². The molecule has 1 amide bonds. The number of amides is 1. The summed E-state index contributed by atoms with van der Waals surface area (Å²) in [5, 5.41) is 2.58. The van der Waals surface area contributed by atoms with Crippen LogP contribution in [0.1, 0.15) is 38.5 Å². The average Bonchev–Trinajstić information content (AvgIpc) is 2.51. The smallest absolute Gasteiger partial charge is 0.329 e. The molecule has 0 aliphatic rings. The van der Waals surface area contributed by atoms with E-state index in [0.29, 0.717) is 31.0 Å². The average molecular weight is 372 g/mol. The highest BCUT2D eigenvalue weighted by Gasteiger charge is 2.22. The lowest BCUT2D eigenvalue weighted by Crippen LogP contribution is -2.43. The molecule has 8 heteroatoms. The molecule has 0 bridgehead atoms. The number of carbonyl (C=O) groups excluding carboxylic acids is 3. The molecule has 0 aromatic carbocycles. The van der Waals surface area contributed by atoms with Crippen molar-refractivity contribution in [3.63, 3.8) is 0 Å².